The van der Waals surface area contributed by atoms with Crippen molar-refractivity contribution >= 4 is 35.1 Å². The van der Waals surface area contributed by atoms with Crippen LogP contribution in [0.15, 0.2) is 49.6 Å². The van der Waals surface area contributed by atoms with Crippen molar-refractivity contribution in [2.45, 2.75) is 43.9 Å². The molecule has 36 heavy (non-hydrogen) atoms. The quantitative estimate of drug-likeness (QED) is 0.292. The highest BCUT2D eigenvalue weighted by Gasteiger charge is 2.80. The number of halogens is 1. The summed E-state index contributed by atoms with van der Waals surface area (Å²) in [7, 11) is 0. The van der Waals surface area contributed by atoms with Gasteiger partial charge in [-0.3, -0.25) is 14.4 Å². The molecule has 3 aliphatic rings. The Morgan fingerprint density at radius 1 is 1.31 bits per heavy atom. The highest BCUT2D eigenvalue weighted by molar-refractivity contribution is 6.30. The van der Waals surface area contributed by atoms with E-state index in [1.165, 1.54) is 9.80 Å². The summed E-state index contributed by atoms with van der Waals surface area (Å²) >= 11 is 6.06. The van der Waals surface area contributed by atoms with E-state index in [9.17, 15) is 19.5 Å². The van der Waals surface area contributed by atoms with Gasteiger partial charge in [0.2, 0.25) is 5.91 Å². The average Bonchev–Trinajstić information content (AvgIpc) is 3.35. The van der Waals surface area contributed by atoms with Crippen LogP contribution in [-0.2, 0) is 23.9 Å². The van der Waals surface area contributed by atoms with Crippen molar-refractivity contribution in [3.8, 4) is 0 Å². The Morgan fingerprint density at radius 2 is 2.00 bits per heavy atom. The summed E-state index contributed by atoms with van der Waals surface area (Å²) in [6.45, 7) is 11.2. The maximum Gasteiger partial charge on any atom is 0.312 e. The van der Waals surface area contributed by atoms with Crippen LogP contribution in [0, 0.1) is 17.8 Å². The first kappa shape index (κ1) is 26.4. The van der Waals surface area contributed by atoms with Crippen LogP contribution in [0.4, 0.5) is 5.69 Å². The van der Waals surface area contributed by atoms with E-state index in [2.05, 4.69) is 13.2 Å². The molecule has 0 aromatic heterocycles. The summed E-state index contributed by atoms with van der Waals surface area (Å²) in [5.74, 6) is -3.10. The zero-order valence-electron chi connectivity index (χ0n) is 20.7. The minimum absolute atomic E-state index is 0.0529. The van der Waals surface area contributed by atoms with Gasteiger partial charge in [-0.25, -0.2) is 0 Å². The summed E-state index contributed by atoms with van der Waals surface area (Å²) < 4.78 is 12.1. The van der Waals surface area contributed by atoms with Crippen molar-refractivity contribution in [2.75, 3.05) is 31.2 Å². The highest BCUT2D eigenvalue weighted by Crippen LogP contribution is 2.65. The van der Waals surface area contributed by atoms with Crippen molar-refractivity contribution in [1.82, 2.24) is 4.90 Å². The SMILES string of the molecule is C=CCCOC(=O)[C@@H]1[C@H]2C(=O)N(CCO)C(C(=O)N(CC=C)c3ccc(Cl)cc3)C23CC(C)[C@@]1(C)O3. The first-order valence-electron chi connectivity index (χ1n) is 12.2. The number of carbonyl (C=O) groups excluding carboxylic acids is 3. The van der Waals surface area contributed by atoms with Crippen LogP contribution in [0.2, 0.25) is 5.02 Å². The molecule has 1 spiro atoms. The Balaban J connectivity index is 1.77. The lowest BCUT2D eigenvalue weighted by molar-refractivity contribution is -0.161. The average molecular weight is 517 g/mol. The predicted octanol–water partition coefficient (Wildman–Crippen LogP) is 2.98. The van der Waals surface area contributed by atoms with E-state index in [-0.39, 0.29) is 44.0 Å². The standard InChI is InChI=1S/C27H33ClN2O6/c1-5-7-15-35-25(34)21-20-23(32)30(13-14-31)22(27(20)16-17(3)26(21,4)36-27)24(33)29(12-6-2)19-10-8-18(28)9-11-19/h5-6,8-11,17,20-22,31H,1-2,7,12-16H2,3-4H3/t17?,20-,21-,22?,26+,27?/m0/s1. The number of anilines is 1. The van der Waals surface area contributed by atoms with E-state index in [4.69, 9.17) is 21.1 Å². The number of fused-ring (bicyclic) bond motifs is 1. The maximum atomic E-state index is 14.2. The Morgan fingerprint density at radius 3 is 2.61 bits per heavy atom. The molecule has 1 N–H and O–H groups in total. The molecule has 8 nitrogen and oxygen atoms in total. The number of carbonyl (C=O) groups is 3. The second-order valence-electron chi connectivity index (χ2n) is 9.92. The Kier molecular flexibility index (Phi) is 7.33. The number of hydrogen-bond donors (Lipinski definition) is 1. The molecule has 194 valence electrons. The number of esters is 1. The van der Waals surface area contributed by atoms with Crippen molar-refractivity contribution in [2.24, 2.45) is 17.8 Å². The van der Waals surface area contributed by atoms with Gasteiger partial charge in [0.05, 0.1) is 24.7 Å². The molecule has 1 aromatic rings. The lowest BCUT2D eigenvalue weighted by Crippen LogP contribution is -2.57. The number of hydrogen-bond acceptors (Lipinski definition) is 6. The predicted molar refractivity (Wildman–Crippen MR) is 135 cm³/mol. The third kappa shape index (κ3) is 3.96. The van der Waals surface area contributed by atoms with Gasteiger partial charge in [0.25, 0.3) is 5.91 Å². The Hall–Kier alpha value is -2.68. The second kappa shape index (κ2) is 10.00. The molecule has 4 rings (SSSR count). The molecule has 0 aliphatic carbocycles. The first-order chi connectivity index (χ1) is 17.2. The number of aliphatic hydroxyl groups is 1. The Bertz CT molecular complexity index is 1060. The second-order valence-corrected chi connectivity index (χ2v) is 10.4. The molecule has 3 aliphatic heterocycles. The van der Waals surface area contributed by atoms with Gasteiger partial charge >= 0.3 is 5.97 Å². The van der Waals surface area contributed by atoms with Crippen LogP contribution < -0.4 is 4.90 Å². The largest absolute Gasteiger partial charge is 0.465 e. The van der Waals surface area contributed by atoms with Gasteiger partial charge < -0.3 is 24.4 Å². The summed E-state index contributed by atoms with van der Waals surface area (Å²) in [4.78, 5) is 44.3. The number of aliphatic hydroxyl groups excluding tert-OH is 1. The van der Waals surface area contributed by atoms with Gasteiger partial charge in [-0.05, 0) is 49.9 Å². The molecule has 1 aromatic carbocycles. The number of likely N-dealkylation sites (tertiary alicyclic amines) is 1. The van der Waals surface area contributed by atoms with Gasteiger partial charge in [-0.1, -0.05) is 30.7 Å². The fourth-order valence-corrected chi connectivity index (χ4v) is 6.40. The van der Waals surface area contributed by atoms with Gasteiger partial charge in [0.15, 0.2) is 0 Å². The molecule has 0 radical (unpaired) electrons. The number of rotatable bonds is 10. The number of benzene rings is 1. The van der Waals surface area contributed by atoms with Gasteiger partial charge in [-0.2, -0.15) is 0 Å². The number of amides is 2. The summed E-state index contributed by atoms with van der Waals surface area (Å²) in [5.41, 5.74) is -1.59. The van der Waals surface area contributed by atoms with E-state index in [0.717, 1.165) is 0 Å². The van der Waals surface area contributed by atoms with Crippen molar-refractivity contribution in [3.05, 3.63) is 54.6 Å². The molecule has 6 atom stereocenters. The molecule has 0 saturated carbocycles. The maximum absolute atomic E-state index is 14.2. The van der Waals surface area contributed by atoms with Gasteiger partial charge in [0, 0.05) is 23.8 Å². The summed E-state index contributed by atoms with van der Waals surface area (Å²) in [6, 6.07) is 5.80. The van der Waals surface area contributed by atoms with Crippen LogP contribution in [0.5, 0.6) is 0 Å². The smallest absolute Gasteiger partial charge is 0.312 e. The van der Waals surface area contributed by atoms with Gasteiger partial charge in [-0.15, -0.1) is 13.2 Å². The van der Waals surface area contributed by atoms with Crippen LogP contribution in [0.1, 0.15) is 26.7 Å². The van der Waals surface area contributed by atoms with E-state index in [1.807, 2.05) is 13.8 Å². The zero-order chi connectivity index (χ0) is 26.3. The van der Waals surface area contributed by atoms with E-state index in [0.29, 0.717) is 23.6 Å². The summed E-state index contributed by atoms with van der Waals surface area (Å²) in [5, 5.41) is 10.3. The lowest BCUT2D eigenvalue weighted by atomic mass is 9.62. The monoisotopic (exact) mass is 516 g/mol. The van der Waals surface area contributed by atoms with Crippen molar-refractivity contribution < 1.29 is 29.0 Å². The van der Waals surface area contributed by atoms with Crippen LogP contribution >= 0.6 is 11.6 Å². The molecule has 3 saturated heterocycles. The van der Waals surface area contributed by atoms with Crippen LogP contribution in [0.3, 0.4) is 0 Å². The fourth-order valence-electron chi connectivity index (χ4n) is 6.28. The van der Waals surface area contributed by atoms with Crippen molar-refractivity contribution in [1.29, 1.82) is 0 Å². The Labute approximate surface area is 216 Å². The van der Waals surface area contributed by atoms with E-state index < -0.39 is 35.0 Å². The zero-order valence-corrected chi connectivity index (χ0v) is 21.4. The van der Waals surface area contributed by atoms with E-state index in [1.54, 1.807) is 36.4 Å². The topological polar surface area (TPSA) is 96.4 Å². The van der Waals surface area contributed by atoms with Crippen molar-refractivity contribution in [3.63, 3.8) is 0 Å². The first-order valence-corrected chi connectivity index (χ1v) is 12.6. The minimum Gasteiger partial charge on any atom is -0.465 e. The third-order valence-electron chi connectivity index (χ3n) is 7.93. The summed E-state index contributed by atoms with van der Waals surface area (Å²) in [6.07, 6.45) is 4.17. The van der Waals surface area contributed by atoms with Crippen LogP contribution in [0.25, 0.3) is 0 Å². The minimum atomic E-state index is -1.22. The van der Waals surface area contributed by atoms with Crippen LogP contribution in [-0.4, -0.2) is 71.3 Å². The molecular weight excluding hydrogens is 484 g/mol. The fraction of sp³-hybridized carbons (Fsp3) is 0.519. The molecule has 3 heterocycles. The molecule has 3 unspecified atom stereocenters. The number of ether oxygens (including phenoxy) is 2. The molecule has 2 bridgehead atoms. The number of nitrogens with zero attached hydrogens (tertiary/aromatic N) is 2. The lowest BCUT2D eigenvalue weighted by Gasteiger charge is -2.37. The van der Waals surface area contributed by atoms with E-state index >= 15 is 0 Å². The molecular formula is C27H33ClN2O6. The molecule has 2 amide bonds. The highest BCUT2D eigenvalue weighted by atomic mass is 35.5. The van der Waals surface area contributed by atoms with Gasteiger partial charge in [0.1, 0.15) is 17.6 Å². The molecule has 9 heteroatoms. The molecule has 3 fully saturated rings. The third-order valence-corrected chi connectivity index (χ3v) is 8.18. The number of β-amino-alcohol motifs (C(OH)–C–C–N with tert-alkyl or cyclic N) is 1. The normalized spacial score (nSPS) is 32.3.